The number of nitrogens with two attached hydrogens (primary N) is 1. The van der Waals surface area contributed by atoms with Crippen LogP contribution in [0.1, 0.15) is 17.4 Å². The number of aliphatic hydroxyl groups is 1. The van der Waals surface area contributed by atoms with Crippen molar-refractivity contribution in [3.8, 4) is 0 Å². The van der Waals surface area contributed by atoms with Gasteiger partial charge in [0, 0.05) is 13.2 Å². The Labute approximate surface area is 87.6 Å². The van der Waals surface area contributed by atoms with Gasteiger partial charge in [-0.15, -0.1) is 0 Å². The second-order valence-corrected chi connectivity index (χ2v) is 3.62. The molecule has 0 spiro atoms. The number of aromatic nitrogens is 3. The van der Waals surface area contributed by atoms with Crippen molar-refractivity contribution >= 4 is 11.2 Å². The predicted molar refractivity (Wildman–Crippen MR) is 57.3 cm³/mol. The molecule has 0 bridgehead atoms. The molecule has 80 valence electrons. The molecule has 5 nitrogen and oxygen atoms in total. The summed E-state index contributed by atoms with van der Waals surface area (Å²) in [6.45, 7) is 1.84. The quantitative estimate of drug-likeness (QED) is 0.739. The molecule has 0 aromatic carbocycles. The van der Waals surface area contributed by atoms with Crippen molar-refractivity contribution in [3.63, 3.8) is 0 Å². The van der Waals surface area contributed by atoms with Crippen LogP contribution in [0.15, 0.2) is 12.3 Å². The standard InChI is InChI=1S/C10H14N4O/c1-6-13-9-3-7(8(11)5-15)4-12-10(9)14(6)2/h3-4,8,15H,5,11H2,1-2H3. The van der Waals surface area contributed by atoms with E-state index in [1.807, 2.05) is 24.6 Å². The number of imidazole rings is 1. The first-order chi connectivity index (χ1) is 7.13. The van der Waals surface area contributed by atoms with Crippen LogP contribution in [0.2, 0.25) is 0 Å². The minimum absolute atomic E-state index is 0.0843. The lowest BCUT2D eigenvalue weighted by Gasteiger charge is -2.07. The lowest BCUT2D eigenvalue weighted by atomic mass is 10.1. The highest BCUT2D eigenvalue weighted by Crippen LogP contribution is 2.16. The van der Waals surface area contributed by atoms with Gasteiger partial charge < -0.3 is 15.4 Å². The molecule has 15 heavy (non-hydrogen) atoms. The van der Waals surface area contributed by atoms with Gasteiger partial charge in [0.1, 0.15) is 11.3 Å². The molecule has 0 fully saturated rings. The highest BCUT2D eigenvalue weighted by Gasteiger charge is 2.09. The average Bonchev–Trinajstić information content (AvgIpc) is 2.53. The van der Waals surface area contributed by atoms with Crippen molar-refractivity contribution in [3.05, 3.63) is 23.7 Å². The third-order valence-electron chi connectivity index (χ3n) is 2.58. The summed E-state index contributed by atoms with van der Waals surface area (Å²) < 4.78 is 1.92. The SMILES string of the molecule is Cc1nc2cc(C(N)CO)cnc2n1C. The number of rotatable bonds is 2. The first-order valence-electron chi connectivity index (χ1n) is 4.79. The monoisotopic (exact) mass is 206 g/mol. The van der Waals surface area contributed by atoms with Crippen LogP contribution in [0.5, 0.6) is 0 Å². The summed E-state index contributed by atoms with van der Waals surface area (Å²) in [6, 6.07) is 1.49. The van der Waals surface area contributed by atoms with Crippen LogP contribution >= 0.6 is 0 Å². The molecule has 2 heterocycles. The van der Waals surface area contributed by atoms with Crippen molar-refractivity contribution in [1.29, 1.82) is 0 Å². The Kier molecular flexibility index (Phi) is 2.42. The molecule has 1 unspecified atom stereocenters. The number of nitrogens with zero attached hydrogens (tertiary/aromatic N) is 3. The zero-order chi connectivity index (χ0) is 11.0. The number of aryl methyl sites for hydroxylation is 2. The lowest BCUT2D eigenvalue weighted by Crippen LogP contribution is -2.14. The Morgan fingerprint density at radius 2 is 2.33 bits per heavy atom. The van der Waals surface area contributed by atoms with Crippen LogP contribution in [0.3, 0.4) is 0 Å². The fourth-order valence-corrected chi connectivity index (χ4v) is 1.51. The third-order valence-corrected chi connectivity index (χ3v) is 2.58. The van der Waals surface area contributed by atoms with E-state index >= 15 is 0 Å². The first kappa shape index (κ1) is 10.1. The van der Waals surface area contributed by atoms with E-state index < -0.39 is 0 Å². The summed E-state index contributed by atoms with van der Waals surface area (Å²) >= 11 is 0. The number of aliphatic hydroxyl groups excluding tert-OH is 1. The zero-order valence-electron chi connectivity index (χ0n) is 8.81. The highest BCUT2D eigenvalue weighted by atomic mass is 16.3. The van der Waals surface area contributed by atoms with Gasteiger partial charge in [-0.25, -0.2) is 9.97 Å². The molecule has 3 N–H and O–H groups in total. The molecule has 0 aliphatic heterocycles. The maximum absolute atomic E-state index is 8.94. The largest absolute Gasteiger partial charge is 0.394 e. The van der Waals surface area contributed by atoms with Crippen LogP contribution in [0, 0.1) is 6.92 Å². The highest BCUT2D eigenvalue weighted by molar-refractivity contribution is 5.72. The molecule has 1 atom stereocenters. The summed E-state index contributed by atoms with van der Waals surface area (Å²) in [5.41, 5.74) is 8.16. The number of hydrogen-bond donors (Lipinski definition) is 2. The minimum Gasteiger partial charge on any atom is -0.394 e. The van der Waals surface area contributed by atoms with E-state index in [9.17, 15) is 0 Å². The Balaban J connectivity index is 2.57. The van der Waals surface area contributed by atoms with Crippen LogP contribution < -0.4 is 5.73 Å². The van der Waals surface area contributed by atoms with Gasteiger partial charge in [0.2, 0.25) is 0 Å². The summed E-state index contributed by atoms with van der Waals surface area (Å²) in [4.78, 5) is 8.63. The van der Waals surface area contributed by atoms with Crippen molar-refractivity contribution in [2.75, 3.05) is 6.61 Å². The second kappa shape index (κ2) is 3.60. The van der Waals surface area contributed by atoms with Crippen LogP contribution in [-0.2, 0) is 7.05 Å². The molecule has 0 amide bonds. The molecule has 0 saturated heterocycles. The molecule has 0 radical (unpaired) electrons. The fourth-order valence-electron chi connectivity index (χ4n) is 1.51. The van der Waals surface area contributed by atoms with Crippen LogP contribution in [0.4, 0.5) is 0 Å². The molecule has 2 aromatic rings. The van der Waals surface area contributed by atoms with E-state index in [0.29, 0.717) is 0 Å². The predicted octanol–water partition coefficient (Wildman–Crippen LogP) is 0.269. The molecule has 5 heteroatoms. The maximum Gasteiger partial charge on any atom is 0.159 e. The van der Waals surface area contributed by atoms with E-state index in [-0.39, 0.29) is 12.6 Å². The normalized spacial score (nSPS) is 13.3. The molecular formula is C10H14N4O. The Morgan fingerprint density at radius 1 is 1.60 bits per heavy atom. The smallest absolute Gasteiger partial charge is 0.159 e. The Hall–Kier alpha value is -1.46. The number of hydrogen-bond acceptors (Lipinski definition) is 4. The summed E-state index contributed by atoms with van der Waals surface area (Å²) in [5.74, 6) is 0.909. The second-order valence-electron chi connectivity index (χ2n) is 3.62. The maximum atomic E-state index is 8.94. The van der Waals surface area contributed by atoms with E-state index in [0.717, 1.165) is 22.6 Å². The Morgan fingerprint density at radius 3 is 3.00 bits per heavy atom. The lowest BCUT2D eigenvalue weighted by molar-refractivity contribution is 0.268. The van der Waals surface area contributed by atoms with Crippen molar-refractivity contribution < 1.29 is 5.11 Å². The Bertz CT molecular complexity index is 491. The van der Waals surface area contributed by atoms with E-state index in [1.54, 1.807) is 6.20 Å². The van der Waals surface area contributed by atoms with Gasteiger partial charge in [0.25, 0.3) is 0 Å². The average molecular weight is 206 g/mol. The third kappa shape index (κ3) is 1.60. The summed E-state index contributed by atoms with van der Waals surface area (Å²) in [6.07, 6.45) is 1.68. The van der Waals surface area contributed by atoms with Gasteiger partial charge >= 0.3 is 0 Å². The van der Waals surface area contributed by atoms with Gasteiger partial charge in [0.05, 0.1) is 12.6 Å². The van der Waals surface area contributed by atoms with Gasteiger partial charge in [-0.3, -0.25) is 0 Å². The molecule has 2 aromatic heterocycles. The topological polar surface area (TPSA) is 77.0 Å². The molecule has 0 aliphatic rings. The fraction of sp³-hybridized carbons (Fsp3) is 0.400. The van der Waals surface area contributed by atoms with Crippen molar-refractivity contribution in [2.24, 2.45) is 12.8 Å². The van der Waals surface area contributed by atoms with Gasteiger partial charge in [-0.2, -0.15) is 0 Å². The number of fused-ring (bicyclic) bond motifs is 1. The van der Waals surface area contributed by atoms with E-state index in [4.69, 9.17) is 10.8 Å². The van der Waals surface area contributed by atoms with Crippen LogP contribution in [0.25, 0.3) is 11.2 Å². The molecule has 0 aliphatic carbocycles. The first-order valence-corrected chi connectivity index (χ1v) is 4.79. The minimum atomic E-state index is -0.385. The molecule has 0 saturated carbocycles. The van der Waals surface area contributed by atoms with E-state index in [1.165, 1.54) is 0 Å². The summed E-state index contributed by atoms with van der Waals surface area (Å²) in [7, 11) is 1.92. The van der Waals surface area contributed by atoms with Crippen molar-refractivity contribution in [1.82, 2.24) is 14.5 Å². The van der Waals surface area contributed by atoms with E-state index in [2.05, 4.69) is 9.97 Å². The van der Waals surface area contributed by atoms with Crippen LogP contribution in [-0.4, -0.2) is 26.2 Å². The number of pyridine rings is 1. The van der Waals surface area contributed by atoms with Gasteiger partial charge in [0.15, 0.2) is 5.65 Å². The van der Waals surface area contributed by atoms with Gasteiger partial charge in [-0.05, 0) is 18.6 Å². The van der Waals surface area contributed by atoms with Gasteiger partial charge in [-0.1, -0.05) is 0 Å². The zero-order valence-corrected chi connectivity index (χ0v) is 8.81. The van der Waals surface area contributed by atoms with Crippen molar-refractivity contribution in [2.45, 2.75) is 13.0 Å². The molecular weight excluding hydrogens is 192 g/mol. The molecule has 2 rings (SSSR count). The summed E-state index contributed by atoms with van der Waals surface area (Å²) in [5, 5.41) is 8.94.